The molecular formula is C12H13N2O5-. The minimum absolute atomic E-state index is 0.0462. The van der Waals surface area contributed by atoms with Crippen molar-refractivity contribution in [3.63, 3.8) is 0 Å². The number of fused-ring (bicyclic) bond motifs is 1. The van der Waals surface area contributed by atoms with Gasteiger partial charge in [0, 0.05) is 30.4 Å². The molecule has 1 aliphatic rings. The highest BCUT2D eigenvalue weighted by Gasteiger charge is 2.24. The quantitative estimate of drug-likeness (QED) is 0.758. The number of carbonyl (C=O) groups excluding carboxylic acids is 2. The summed E-state index contributed by atoms with van der Waals surface area (Å²) in [5.41, 5.74) is -0.108. The Morgan fingerprint density at radius 2 is 2.26 bits per heavy atom. The second kappa shape index (κ2) is 5.13. The van der Waals surface area contributed by atoms with Gasteiger partial charge in [0.15, 0.2) is 5.43 Å². The van der Waals surface area contributed by atoms with Crippen molar-refractivity contribution in [1.29, 1.82) is 0 Å². The highest BCUT2D eigenvalue weighted by Crippen LogP contribution is 2.15. The molecule has 2 rings (SSSR count). The molecule has 0 radical (unpaired) electrons. The monoisotopic (exact) mass is 265 g/mol. The Morgan fingerprint density at radius 3 is 2.89 bits per heavy atom. The highest BCUT2D eigenvalue weighted by molar-refractivity contribution is 5.85. The summed E-state index contributed by atoms with van der Waals surface area (Å²) in [6, 6.07) is 0. The van der Waals surface area contributed by atoms with Gasteiger partial charge in [-0.3, -0.25) is 4.79 Å². The first-order valence-corrected chi connectivity index (χ1v) is 5.91. The zero-order chi connectivity index (χ0) is 14.0. The van der Waals surface area contributed by atoms with Crippen LogP contribution in [0.3, 0.4) is 0 Å². The lowest BCUT2D eigenvalue weighted by molar-refractivity contribution is -0.255. The highest BCUT2D eigenvalue weighted by atomic mass is 16.6. The van der Waals surface area contributed by atoms with Crippen LogP contribution in [0.25, 0.3) is 0 Å². The first kappa shape index (κ1) is 13.1. The molecule has 1 N–H and O–H groups in total. The minimum Gasteiger partial charge on any atom is -0.545 e. The molecule has 0 aliphatic carbocycles. The first-order chi connectivity index (χ1) is 9.04. The molecule has 1 aromatic heterocycles. The number of carboxylic acid groups (broad SMARTS) is 1. The molecule has 102 valence electrons. The summed E-state index contributed by atoms with van der Waals surface area (Å²) in [6.07, 6.45) is 1.08. The van der Waals surface area contributed by atoms with E-state index in [2.05, 4.69) is 4.98 Å². The summed E-state index contributed by atoms with van der Waals surface area (Å²) >= 11 is 0. The maximum Gasteiger partial charge on any atom is 0.410 e. The summed E-state index contributed by atoms with van der Waals surface area (Å²) in [4.78, 5) is 38.5. The van der Waals surface area contributed by atoms with Crippen molar-refractivity contribution in [3.8, 4) is 0 Å². The van der Waals surface area contributed by atoms with E-state index in [1.165, 1.54) is 4.90 Å². The number of amides is 1. The molecule has 0 saturated carbocycles. The standard InChI is InChI=1S/C12H14N2O5/c1-2-19-12(18)14-4-3-9-8(6-14)10(15)7(5-13-9)11(16)17/h5H,2-4,6H2,1H3,(H,13,15)(H,16,17)/p-1. The second-order valence-electron chi connectivity index (χ2n) is 4.15. The summed E-state index contributed by atoms with van der Waals surface area (Å²) < 4.78 is 4.86. The van der Waals surface area contributed by atoms with Crippen LogP contribution >= 0.6 is 0 Å². The number of H-pyrrole nitrogens is 1. The van der Waals surface area contributed by atoms with Crippen LogP contribution in [0.5, 0.6) is 0 Å². The van der Waals surface area contributed by atoms with E-state index in [4.69, 9.17) is 4.74 Å². The van der Waals surface area contributed by atoms with Crippen molar-refractivity contribution < 1.29 is 19.4 Å². The summed E-state index contributed by atoms with van der Waals surface area (Å²) in [6.45, 7) is 2.41. The number of hydrogen-bond acceptors (Lipinski definition) is 5. The van der Waals surface area contributed by atoms with E-state index in [0.717, 1.165) is 6.20 Å². The molecule has 7 nitrogen and oxygen atoms in total. The number of nitrogens with one attached hydrogen (secondary N) is 1. The number of carboxylic acids is 1. The normalized spacial score (nSPS) is 13.8. The van der Waals surface area contributed by atoms with Crippen molar-refractivity contribution in [2.75, 3.05) is 13.2 Å². The van der Waals surface area contributed by atoms with Crippen molar-refractivity contribution in [1.82, 2.24) is 9.88 Å². The van der Waals surface area contributed by atoms with Crippen molar-refractivity contribution >= 4 is 12.1 Å². The lowest BCUT2D eigenvalue weighted by atomic mass is 10.0. The number of aromatic nitrogens is 1. The lowest BCUT2D eigenvalue weighted by Gasteiger charge is -2.27. The van der Waals surface area contributed by atoms with Crippen molar-refractivity contribution in [2.24, 2.45) is 0 Å². The third-order valence-electron chi connectivity index (χ3n) is 3.00. The van der Waals surface area contributed by atoms with Gasteiger partial charge < -0.3 is 24.5 Å². The molecule has 2 heterocycles. The first-order valence-electron chi connectivity index (χ1n) is 5.91. The summed E-state index contributed by atoms with van der Waals surface area (Å²) in [7, 11) is 0. The number of carbonyl (C=O) groups is 2. The van der Waals surface area contributed by atoms with E-state index in [-0.39, 0.29) is 18.7 Å². The third kappa shape index (κ3) is 2.44. The van der Waals surface area contributed by atoms with Crippen LogP contribution in [0.15, 0.2) is 11.0 Å². The fraction of sp³-hybridized carbons (Fsp3) is 0.417. The summed E-state index contributed by atoms with van der Waals surface area (Å²) in [5, 5.41) is 10.8. The number of nitrogens with zero attached hydrogens (tertiary/aromatic N) is 1. The molecule has 7 heteroatoms. The Kier molecular flexibility index (Phi) is 3.55. The zero-order valence-corrected chi connectivity index (χ0v) is 10.4. The smallest absolute Gasteiger partial charge is 0.410 e. The van der Waals surface area contributed by atoms with Gasteiger partial charge in [-0.25, -0.2) is 4.79 Å². The molecule has 0 bridgehead atoms. The van der Waals surface area contributed by atoms with E-state index in [9.17, 15) is 19.5 Å². The Balaban J connectivity index is 2.33. The maximum absolute atomic E-state index is 12.0. The van der Waals surface area contributed by atoms with Gasteiger partial charge in [0.2, 0.25) is 0 Å². The van der Waals surface area contributed by atoms with Gasteiger partial charge in [0.05, 0.1) is 24.7 Å². The van der Waals surface area contributed by atoms with Crippen LogP contribution in [-0.4, -0.2) is 35.1 Å². The van der Waals surface area contributed by atoms with Crippen molar-refractivity contribution in [2.45, 2.75) is 19.9 Å². The fourth-order valence-corrected chi connectivity index (χ4v) is 2.04. The third-order valence-corrected chi connectivity index (χ3v) is 3.00. The van der Waals surface area contributed by atoms with Gasteiger partial charge >= 0.3 is 6.09 Å². The number of hydrogen-bond donors (Lipinski definition) is 1. The van der Waals surface area contributed by atoms with Crippen LogP contribution in [0.1, 0.15) is 28.5 Å². The number of rotatable bonds is 2. The fourth-order valence-electron chi connectivity index (χ4n) is 2.04. The summed E-state index contributed by atoms with van der Waals surface area (Å²) in [5.74, 6) is -1.53. The SMILES string of the molecule is CCOC(=O)N1CCc2[nH]cc(C(=O)[O-])c(=O)c2C1. The van der Waals surface area contributed by atoms with E-state index < -0.39 is 23.1 Å². The molecule has 0 unspecified atom stereocenters. The molecule has 0 aromatic carbocycles. The van der Waals surface area contributed by atoms with Crippen LogP contribution in [0.4, 0.5) is 4.79 Å². The molecule has 0 saturated heterocycles. The van der Waals surface area contributed by atoms with Crippen molar-refractivity contribution in [3.05, 3.63) is 33.2 Å². The lowest BCUT2D eigenvalue weighted by Crippen LogP contribution is -2.41. The van der Waals surface area contributed by atoms with Crippen LogP contribution in [-0.2, 0) is 17.7 Å². The predicted octanol–water partition coefficient (Wildman–Crippen LogP) is -0.747. The Morgan fingerprint density at radius 1 is 1.53 bits per heavy atom. The van der Waals surface area contributed by atoms with Gasteiger partial charge in [-0.05, 0) is 6.92 Å². The molecule has 1 amide bonds. The average molecular weight is 265 g/mol. The van der Waals surface area contributed by atoms with E-state index >= 15 is 0 Å². The average Bonchev–Trinajstić information content (AvgIpc) is 2.38. The molecule has 0 spiro atoms. The molecule has 0 fully saturated rings. The number of aromatic carboxylic acids is 1. The van der Waals surface area contributed by atoms with Gasteiger partial charge in [-0.2, -0.15) is 0 Å². The van der Waals surface area contributed by atoms with Gasteiger partial charge in [-0.1, -0.05) is 0 Å². The van der Waals surface area contributed by atoms with Crippen LogP contribution in [0.2, 0.25) is 0 Å². The number of pyridine rings is 1. The van der Waals surface area contributed by atoms with Crippen LogP contribution < -0.4 is 10.5 Å². The van der Waals surface area contributed by atoms with Gasteiger partial charge in [-0.15, -0.1) is 0 Å². The molecule has 1 aliphatic heterocycles. The minimum atomic E-state index is -1.53. The van der Waals surface area contributed by atoms with E-state index in [1.54, 1.807) is 6.92 Å². The Labute approximate surface area is 108 Å². The number of ether oxygens (including phenoxy) is 1. The van der Waals surface area contributed by atoms with Gasteiger partial charge in [0.25, 0.3) is 0 Å². The Bertz CT molecular complexity index is 578. The topological polar surface area (TPSA) is 103 Å². The van der Waals surface area contributed by atoms with Crippen LogP contribution in [0, 0.1) is 0 Å². The Hall–Kier alpha value is -2.31. The zero-order valence-electron chi connectivity index (χ0n) is 10.4. The molecule has 0 atom stereocenters. The second-order valence-corrected chi connectivity index (χ2v) is 4.15. The molecular weight excluding hydrogens is 252 g/mol. The van der Waals surface area contributed by atoms with E-state index in [1.807, 2.05) is 0 Å². The maximum atomic E-state index is 12.0. The van der Waals surface area contributed by atoms with Gasteiger partial charge in [0.1, 0.15) is 0 Å². The number of aromatic amines is 1. The van der Waals surface area contributed by atoms with E-state index in [0.29, 0.717) is 18.7 Å². The molecule has 1 aromatic rings. The predicted molar refractivity (Wildman–Crippen MR) is 62.5 cm³/mol. The molecule has 19 heavy (non-hydrogen) atoms. The largest absolute Gasteiger partial charge is 0.545 e.